The third-order valence-corrected chi connectivity index (χ3v) is 3.83. The largest absolute Gasteiger partial charge is 0.330 e. The first-order valence-corrected chi connectivity index (χ1v) is 6.87. The number of piperazine rings is 1. The van der Waals surface area contributed by atoms with Crippen molar-refractivity contribution in [3.8, 4) is 0 Å². The van der Waals surface area contributed by atoms with E-state index in [4.69, 9.17) is 0 Å². The molecular formula is C14H20N3O3+. The van der Waals surface area contributed by atoms with Crippen LogP contribution in [0, 0.1) is 10.1 Å². The normalized spacial score (nSPS) is 16.4. The molecule has 6 heteroatoms. The highest BCUT2D eigenvalue weighted by molar-refractivity contribution is 5.94. The first kappa shape index (κ1) is 14.5. The second kappa shape index (κ2) is 6.00. The van der Waals surface area contributed by atoms with E-state index in [0.717, 1.165) is 26.2 Å². The second-order valence-corrected chi connectivity index (χ2v) is 5.41. The zero-order chi connectivity index (χ0) is 14.7. The molecule has 0 unspecified atom stereocenters. The Morgan fingerprint density at radius 2 is 1.80 bits per heavy atom. The van der Waals surface area contributed by atoms with Gasteiger partial charge in [-0.2, -0.15) is 0 Å². The van der Waals surface area contributed by atoms with Crippen molar-refractivity contribution in [1.29, 1.82) is 0 Å². The summed E-state index contributed by atoms with van der Waals surface area (Å²) < 4.78 is 0. The molecule has 0 aromatic heterocycles. The van der Waals surface area contributed by atoms with Crippen LogP contribution in [-0.2, 0) is 0 Å². The fraction of sp³-hybridized carbons (Fsp3) is 0.500. The van der Waals surface area contributed by atoms with Gasteiger partial charge in [0.15, 0.2) is 0 Å². The number of benzene rings is 1. The molecule has 1 N–H and O–H groups in total. The standard InChI is InChI=1S/C14H19N3O3/c1-11(2)15-7-9-16(10-8-15)14(18)12-3-5-13(6-4-12)17(19)20/h3-6,11H,7-10H2,1-2H3/p+1. The van der Waals surface area contributed by atoms with Gasteiger partial charge in [-0.15, -0.1) is 0 Å². The minimum Gasteiger partial charge on any atom is -0.330 e. The molecule has 1 fully saturated rings. The van der Waals surface area contributed by atoms with Crippen LogP contribution in [0.5, 0.6) is 0 Å². The van der Waals surface area contributed by atoms with E-state index in [-0.39, 0.29) is 11.6 Å². The fourth-order valence-corrected chi connectivity index (χ4v) is 2.48. The molecule has 20 heavy (non-hydrogen) atoms. The van der Waals surface area contributed by atoms with Crippen LogP contribution in [0.4, 0.5) is 5.69 Å². The summed E-state index contributed by atoms with van der Waals surface area (Å²) in [6.07, 6.45) is 0. The van der Waals surface area contributed by atoms with Crippen LogP contribution >= 0.6 is 0 Å². The van der Waals surface area contributed by atoms with Gasteiger partial charge in [0.1, 0.15) is 0 Å². The van der Waals surface area contributed by atoms with Gasteiger partial charge in [-0.25, -0.2) is 0 Å². The minimum atomic E-state index is -0.459. The molecule has 2 rings (SSSR count). The number of quaternary nitrogens is 1. The lowest BCUT2D eigenvalue weighted by atomic mass is 10.1. The molecule has 1 aromatic rings. The average molecular weight is 278 g/mol. The molecule has 0 aliphatic carbocycles. The SMILES string of the molecule is CC(C)[NH+]1CCN(C(=O)c2ccc([N+](=O)[O-])cc2)CC1. The maximum Gasteiger partial charge on any atom is 0.269 e. The highest BCUT2D eigenvalue weighted by Gasteiger charge is 2.26. The summed E-state index contributed by atoms with van der Waals surface area (Å²) in [4.78, 5) is 25.8. The molecular weight excluding hydrogens is 258 g/mol. The summed E-state index contributed by atoms with van der Waals surface area (Å²) in [5, 5.41) is 10.6. The quantitative estimate of drug-likeness (QED) is 0.640. The van der Waals surface area contributed by atoms with Crippen LogP contribution in [0.3, 0.4) is 0 Å². The highest BCUT2D eigenvalue weighted by Crippen LogP contribution is 2.13. The summed E-state index contributed by atoms with van der Waals surface area (Å²) >= 11 is 0. The van der Waals surface area contributed by atoms with Gasteiger partial charge >= 0.3 is 0 Å². The van der Waals surface area contributed by atoms with Gasteiger partial charge in [-0.1, -0.05) is 0 Å². The third-order valence-electron chi connectivity index (χ3n) is 3.83. The Kier molecular flexibility index (Phi) is 4.34. The number of nitro benzene ring substituents is 1. The lowest BCUT2D eigenvalue weighted by Crippen LogP contribution is -3.17. The Morgan fingerprint density at radius 3 is 2.25 bits per heavy atom. The first-order chi connectivity index (χ1) is 9.49. The van der Waals surface area contributed by atoms with Crippen LogP contribution in [0.2, 0.25) is 0 Å². The number of hydrogen-bond donors (Lipinski definition) is 1. The Hall–Kier alpha value is -1.95. The first-order valence-electron chi connectivity index (χ1n) is 6.87. The zero-order valence-corrected chi connectivity index (χ0v) is 11.8. The van der Waals surface area contributed by atoms with Crippen LogP contribution < -0.4 is 4.90 Å². The lowest BCUT2D eigenvalue weighted by molar-refractivity contribution is -0.925. The molecule has 1 aromatic carbocycles. The molecule has 1 heterocycles. The molecule has 108 valence electrons. The third kappa shape index (κ3) is 3.14. The van der Waals surface area contributed by atoms with E-state index in [1.807, 2.05) is 4.90 Å². The van der Waals surface area contributed by atoms with Crippen molar-refractivity contribution >= 4 is 11.6 Å². The van der Waals surface area contributed by atoms with Gasteiger partial charge in [0.05, 0.1) is 37.1 Å². The summed E-state index contributed by atoms with van der Waals surface area (Å²) in [6, 6.07) is 6.39. The maximum absolute atomic E-state index is 12.3. The molecule has 1 amide bonds. The van der Waals surface area contributed by atoms with E-state index < -0.39 is 4.92 Å². The predicted molar refractivity (Wildman–Crippen MR) is 74.8 cm³/mol. The number of non-ortho nitro benzene ring substituents is 1. The predicted octanol–water partition coefficient (Wildman–Crippen LogP) is 0.344. The molecule has 0 bridgehead atoms. The Bertz CT molecular complexity index is 491. The van der Waals surface area contributed by atoms with Crippen molar-refractivity contribution in [2.75, 3.05) is 26.2 Å². The number of amides is 1. The smallest absolute Gasteiger partial charge is 0.269 e. The summed E-state index contributed by atoms with van der Waals surface area (Å²) in [5.74, 6) is -0.0392. The number of rotatable bonds is 3. The van der Waals surface area contributed by atoms with Gasteiger partial charge in [0.2, 0.25) is 0 Å². The van der Waals surface area contributed by atoms with Crippen LogP contribution in [-0.4, -0.2) is 48.0 Å². The Labute approximate surface area is 118 Å². The summed E-state index contributed by atoms with van der Waals surface area (Å²) in [7, 11) is 0. The molecule has 6 nitrogen and oxygen atoms in total. The van der Waals surface area contributed by atoms with Gasteiger partial charge < -0.3 is 9.80 Å². The molecule has 0 spiro atoms. The van der Waals surface area contributed by atoms with Crippen LogP contribution in [0.15, 0.2) is 24.3 Å². The van der Waals surface area contributed by atoms with Gasteiger partial charge in [0, 0.05) is 17.7 Å². The fourth-order valence-electron chi connectivity index (χ4n) is 2.48. The molecule has 1 aliphatic heterocycles. The highest BCUT2D eigenvalue weighted by atomic mass is 16.6. The van der Waals surface area contributed by atoms with E-state index in [1.54, 1.807) is 0 Å². The Balaban J connectivity index is 2.00. The number of carbonyl (C=O) groups is 1. The van der Waals surface area contributed by atoms with Crippen molar-refractivity contribution in [3.05, 3.63) is 39.9 Å². The summed E-state index contributed by atoms with van der Waals surface area (Å²) in [6.45, 7) is 7.76. The minimum absolute atomic E-state index is 0.00983. The van der Waals surface area contributed by atoms with Crippen molar-refractivity contribution in [3.63, 3.8) is 0 Å². The average Bonchev–Trinajstić information content (AvgIpc) is 2.46. The summed E-state index contributed by atoms with van der Waals surface area (Å²) in [5.41, 5.74) is 0.527. The molecule has 1 saturated heterocycles. The maximum atomic E-state index is 12.3. The number of nitrogens with one attached hydrogen (secondary N) is 1. The number of hydrogen-bond acceptors (Lipinski definition) is 3. The van der Waals surface area contributed by atoms with Crippen molar-refractivity contribution < 1.29 is 14.6 Å². The van der Waals surface area contributed by atoms with Gasteiger partial charge in [0.25, 0.3) is 11.6 Å². The molecule has 0 saturated carbocycles. The van der Waals surface area contributed by atoms with Crippen molar-refractivity contribution in [1.82, 2.24) is 4.90 Å². The van der Waals surface area contributed by atoms with Crippen molar-refractivity contribution in [2.24, 2.45) is 0 Å². The van der Waals surface area contributed by atoms with Gasteiger partial charge in [-0.05, 0) is 26.0 Å². The Morgan fingerprint density at radius 1 is 1.25 bits per heavy atom. The second-order valence-electron chi connectivity index (χ2n) is 5.41. The van der Waals surface area contributed by atoms with E-state index in [1.165, 1.54) is 29.2 Å². The lowest BCUT2D eigenvalue weighted by Gasteiger charge is -2.34. The molecule has 0 radical (unpaired) electrons. The van der Waals surface area contributed by atoms with Gasteiger partial charge in [-0.3, -0.25) is 14.9 Å². The number of nitro groups is 1. The number of nitrogens with zero attached hydrogens (tertiary/aromatic N) is 2. The van der Waals surface area contributed by atoms with E-state index in [9.17, 15) is 14.9 Å². The molecule has 0 atom stereocenters. The van der Waals surface area contributed by atoms with Crippen LogP contribution in [0.1, 0.15) is 24.2 Å². The van der Waals surface area contributed by atoms with Crippen LogP contribution in [0.25, 0.3) is 0 Å². The molecule has 1 aliphatic rings. The van der Waals surface area contributed by atoms with E-state index in [2.05, 4.69) is 13.8 Å². The topological polar surface area (TPSA) is 67.9 Å². The zero-order valence-electron chi connectivity index (χ0n) is 11.8. The van der Waals surface area contributed by atoms with Crippen molar-refractivity contribution in [2.45, 2.75) is 19.9 Å². The van der Waals surface area contributed by atoms with E-state index in [0.29, 0.717) is 11.6 Å². The number of carbonyl (C=O) groups excluding carboxylic acids is 1. The van der Waals surface area contributed by atoms with E-state index >= 15 is 0 Å². The monoisotopic (exact) mass is 278 g/mol.